The molecule has 2 heterocycles. The highest BCUT2D eigenvalue weighted by Gasteiger charge is 2.23. The maximum absolute atomic E-state index is 12.4. The van der Waals surface area contributed by atoms with Crippen LogP contribution in [-0.2, 0) is 6.42 Å². The van der Waals surface area contributed by atoms with Gasteiger partial charge in [0.1, 0.15) is 5.76 Å². The summed E-state index contributed by atoms with van der Waals surface area (Å²) in [6.07, 6.45) is 2.73. The lowest BCUT2D eigenvalue weighted by atomic mass is 10.1. The van der Waals surface area contributed by atoms with Crippen molar-refractivity contribution in [1.29, 1.82) is 0 Å². The van der Waals surface area contributed by atoms with Gasteiger partial charge < -0.3 is 15.1 Å². The molecular weight excluding hydrogens is 276 g/mol. The number of furan rings is 1. The molecule has 0 atom stereocenters. The van der Waals surface area contributed by atoms with Gasteiger partial charge in [-0.25, -0.2) is 0 Å². The summed E-state index contributed by atoms with van der Waals surface area (Å²) in [6.45, 7) is 3.55. The minimum absolute atomic E-state index is 0.0386. The van der Waals surface area contributed by atoms with Crippen molar-refractivity contribution in [2.75, 3.05) is 13.1 Å². The number of carbonyl (C=O) groups is 1. The summed E-state index contributed by atoms with van der Waals surface area (Å²) in [5.74, 6) is 1.10. The number of piperidine rings is 1. The average molecular weight is 298 g/mol. The Kier molecular flexibility index (Phi) is 4.29. The number of likely N-dealkylation sites (tertiary alicyclic amines) is 1. The molecule has 1 fully saturated rings. The Bertz CT molecular complexity index is 637. The Hall–Kier alpha value is -2.07. The number of aryl methyl sites for hydroxylation is 1. The van der Waals surface area contributed by atoms with Gasteiger partial charge in [0.25, 0.3) is 5.91 Å². The third-order valence-corrected chi connectivity index (χ3v) is 4.29. The SMILES string of the molecule is CCc1ccc(-c2ccc(C(=O)N3CCC(N)CC3)o2)cc1. The van der Waals surface area contributed by atoms with Gasteiger partial charge in [-0.1, -0.05) is 31.2 Å². The molecule has 1 aromatic heterocycles. The van der Waals surface area contributed by atoms with Gasteiger partial charge in [0.05, 0.1) is 0 Å². The van der Waals surface area contributed by atoms with Gasteiger partial charge in [-0.3, -0.25) is 4.79 Å². The number of hydrogen-bond donors (Lipinski definition) is 1. The van der Waals surface area contributed by atoms with Gasteiger partial charge in [-0.15, -0.1) is 0 Å². The number of amides is 1. The van der Waals surface area contributed by atoms with Gasteiger partial charge in [0.15, 0.2) is 5.76 Å². The molecule has 0 unspecified atom stereocenters. The van der Waals surface area contributed by atoms with E-state index in [1.54, 1.807) is 6.07 Å². The molecule has 2 N–H and O–H groups in total. The normalized spacial score (nSPS) is 16.0. The Morgan fingerprint density at radius 2 is 1.86 bits per heavy atom. The monoisotopic (exact) mass is 298 g/mol. The Labute approximate surface area is 130 Å². The number of carbonyl (C=O) groups excluding carboxylic acids is 1. The summed E-state index contributed by atoms with van der Waals surface area (Å²) >= 11 is 0. The number of nitrogens with two attached hydrogens (primary N) is 1. The number of nitrogens with zero attached hydrogens (tertiary/aromatic N) is 1. The van der Waals surface area contributed by atoms with Crippen LogP contribution in [0.3, 0.4) is 0 Å². The molecular formula is C18H22N2O2. The van der Waals surface area contributed by atoms with Crippen molar-refractivity contribution in [2.24, 2.45) is 5.73 Å². The zero-order valence-electron chi connectivity index (χ0n) is 12.9. The van der Waals surface area contributed by atoms with Crippen LogP contribution in [0, 0.1) is 0 Å². The molecule has 1 amide bonds. The van der Waals surface area contributed by atoms with E-state index in [-0.39, 0.29) is 11.9 Å². The molecule has 1 saturated heterocycles. The smallest absolute Gasteiger partial charge is 0.289 e. The van der Waals surface area contributed by atoms with E-state index in [1.165, 1.54) is 5.56 Å². The van der Waals surface area contributed by atoms with E-state index >= 15 is 0 Å². The topological polar surface area (TPSA) is 59.5 Å². The highest BCUT2D eigenvalue weighted by molar-refractivity contribution is 5.92. The second-order valence-corrected chi connectivity index (χ2v) is 5.84. The first-order valence-electron chi connectivity index (χ1n) is 7.91. The van der Waals surface area contributed by atoms with Crippen LogP contribution < -0.4 is 5.73 Å². The maximum atomic E-state index is 12.4. The quantitative estimate of drug-likeness (QED) is 0.947. The summed E-state index contributed by atoms with van der Waals surface area (Å²) in [5.41, 5.74) is 8.16. The fraction of sp³-hybridized carbons (Fsp3) is 0.389. The molecule has 1 aliphatic rings. The predicted octanol–water partition coefficient (Wildman–Crippen LogP) is 3.07. The van der Waals surface area contributed by atoms with Crippen LogP contribution in [0.15, 0.2) is 40.8 Å². The second kappa shape index (κ2) is 6.36. The van der Waals surface area contributed by atoms with Crippen LogP contribution in [0.4, 0.5) is 0 Å². The minimum Gasteiger partial charge on any atom is -0.451 e. The number of hydrogen-bond acceptors (Lipinski definition) is 3. The molecule has 0 aliphatic carbocycles. The Balaban J connectivity index is 1.73. The summed E-state index contributed by atoms with van der Waals surface area (Å²) < 4.78 is 5.76. The zero-order chi connectivity index (χ0) is 15.5. The number of rotatable bonds is 3. The van der Waals surface area contributed by atoms with Crippen molar-refractivity contribution in [2.45, 2.75) is 32.2 Å². The zero-order valence-corrected chi connectivity index (χ0v) is 12.9. The van der Waals surface area contributed by atoms with Gasteiger partial charge in [0.2, 0.25) is 0 Å². The van der Waals surface area contributed by atoms with E-state index in [0.29, 0.717) is 18.8 Å². The summed E-state index contributed by atoms with van der Waals surface area (Å²) in [6, 6.07) is 12.1. The molecule has 0 spiro atoms. The van der Waals surface area contributed by atoms with Crippen molar-refractivity contribution in [3.8, 4) is 11.3 Å². The van der Waals surface area contributed by atoms with Crippen molar-refractivity contribution < 1.29 is 9.21 Å². The van der Waals surface area contributed by atoms with Crippen LogP contribution in [-0.4, -0.2) is 29.9 Å². The van der Waals surface area contributed by atoms with Gasteiger partial charge in [-0.05, 0) is 37.0 Å². The lowest BCUT2D eigenvalue weighted by molar-refractivity contribution is 0.0683. The summed E-state index contributed by atoms with van der Waals surface area (Å²) in [4.78, 5) is 14.3. The van der Waals surface area contributed by atoms with E-state index in [0.717, 1.165) is 30.6 Å². The first kappa shape index (κ1) is 14.9. The van der Waals surface area contributed by atoms with Crippen molar-refractivity contribution in [3.63, 3.8) is 0 Å². The molecule has 1 aromatic carbocycles. The maximum Gasteiger partial charge on any atom is 0.289 e. The van der Waals surface area contributed by atoms with Crippen LogP contribution in [0.1, 0.15) is 35.9 Å². The number of benzene rings is 1. The Morgan fingerprint density at radius 3 is 2.50 bits per heavy atom. The van der Waals surface area contributed by atoms with Gasteiger partial charge in [0, 0.05) is 24.7 Å². The highest BCUT2D eigenvalue weighted by Crippen LogP contribution is 2.24. The fourth-order valence-electron chi connectivity index (χ4n) is 2.77. The van der Waals surface area contributed by atoms with Crippen molar-refractivity contribution in [3.05, 3.63) is 47.7 Å². The van der Waals surface area contributed by atoms with E-state index in [1.807, 2.05) is 23.1 Å². The molecule has 0 saturated carbocycles. The third kappa shape index (κ3) is 3.07. The molecule has 116 valence electrons. The van der Waals surface area contributed by atoms with E-state index < -0.39 is 0 Å². The summed E-state index contributed by atoms with van der Waals surface area (Å²) in [5, 5.41) is 0. The first-order chi connectivity index (χ1) is 10.7. The van der Waals surface area contributed by atoms with Crippen LogP contribution in [0.25, 0.3) is 11.3 Å². The molecule has 4 heteroatoms. The molecule has 0 radical (unpaired) electrons. The van der Waals surface area contributed by atoms with E-state index in [4.69, 9.17) is 10.2 Å². The van der Waals surface area contributed by atoms with E-state index in [9.17, 15) is 4.79 Å². The standard InChI is InChI=1S/C18H22N2O2/c1-2-13-3-5-14(6-4-13)16-7-8-17(22-16)18(21)20-11-9-15(19)10-12-20/h3-8,15H,2,9-12,19H2,1H3. The predicted molar refractivity (Wildman–Crippen MR) is 86.6 cm³/mol. The van der Waals surface area contributed by atoms with Crippen molar-refractivity contribution >= 4 is 5.91 Å². The van der Waals surface area contributed by atoms with Crippen LogP contribution in [0.5, 0.6) is 0 Å². The van der Waals surface area contributed by atoms with Gasteiger partial charge >= 0.3 is 0 Å². The first-order valence-corrected chi connectivity index (χ1v) is 7.91. The average Bonchev–Trinajstić information content (AvgIpc) is 3.05. The fourth-order valence-corrected chi connectivity index (χ4v) is 2.77. The van der Waals surface area contributed by atoms with Crippen LogP contribution >= 0.6 is 0 Å². The second-order valence-electron chi connectivity index (χ2n) is 5.84. The molecule has 3 rings (SSSR count). The lowest BCUT2D eigenvalue weighted by Crippen LogP contribution is -2.42. The molecule has 2 aromatic rings. The third-order valence-electron chi connectivity index (χ3n) is 4.29. The largest absolute Gasteiger partial charge is 0.451 e. The Morgan fingerprint density at radius 1 is 1.18 bits per heavy atom. The van der Waals surface area contributed by atoms with Crippen LogP contribution in [0.2, 0.25) is 0 Å². The van der Waals surface area contributed by atoms with Crippen molar-refractivity contribution in [1.82, 2.24) is 4.90 Å². The molecule has 4 nitrogen and oxygen atoms in total. The molecule has 0 bridgehead atoms. The van der Waals surface area contributed by atoms with Gasteiger partial charge in [-0.2, -0.15) is 0 Å². The lowest BCUT2D eigenvalue weighted by Gasteiger charge is -2.29. The highest BCUT2D eigenvalue weighted by atomic mass is 16.4. The summed E-state index contributed by atoms with van der Waals surface area (Å²) in [7, 11) is 0. The molecule has 22 heavy (non-hydrogen) atoms. The minimum atomic E-state index is -0.0386. The molecule has 1 aliphatic heterocycles. The van der Waals surface area contributed by atoms with E-state index in [2.05, 4.69) is 19.1 Å².